The highest BCUT2D eigenvalue weighted by molar-refractivity contribution is 5.94. The van der Waals surface area contributed by atoms with E-state index in [1.54, 1.807) is 4.90 Å². The summed E-state index contributed by atoms with van der Waals surface area (Å²) in [4.78, 5) is 24.8. The van der Waals surface area contributed by atoms with E-state index in [0.29, 0.717) is 24.5 Å². The van der Waals surface area contributed by atoms with E-state index in [9.17, 15) is 9.59 Å². The molecule has 0 heterocycles. The van der Waals surface area contributed by atoms with Gasteiger partial charge >= 0.3 is 12.0 Å². The number of amides is 2. The summed E-state index contributed by atoms with van der Waals surface area (Å²) < 4.78 is 5.13. The second kappa shape index (κ2) is 7.33. The fraction of sp³-hybridized carbons (Fsp3) is 0.333. The summed E-state index contributed by atoms with van der Waals surface area (Å²) in [6.07, 6.45) is 0. The number of methoxy groups -OCH3 is 1. The zero-order chi connectivity index (χ0) is 16.0. The molecule has 6 nitrogen and oxygen atoms in total. The Hall–Kier alpha value is -2.50. The van der Waals surface area contributed by atoms with Crippen molar-refractivity contribution in [1.29, 1.82) is 0 Å². The van der Waals surface area contributed by atoms with E-state index in [2.05, 4.69) is 11.9 Å². The minimum absolute atomic E-state index is 0.0778. The molecule has 1 aromatic rings. The van der Waals surface area contributed by atoms with Crippen molar-refractivity contribution in [2.75, 3.05) is 25.5 Å². The molecule has 0 aliphatic rings. The third kappa shape index (κ3) is 4.52. The third-order valence-electron chi connectivity index (χ3n) is 2.82. The quantitative estimate of drug-likeness (QED) is 0.790. The molecule has 2 N–H and O–H groups in total. The van der Waals surface area contributed by atoms with Crippen molar-refractivity contribution in [3.63, 3.8) is 0 Å². The van der Waals surface area contributed by atoms with Crippen molar-refractivity contribution >= 4 is 17.7 Å². The lowest BCUT2D eigenvalue weighted by atomic mass is 10.2. The standard InChI is InChI=1S/C15H20N2O4/c1-5-17(9-10(2)3)15(20)16-12-8-11(14(18)19)6-7-13(12)21-4/h6-8H,2,5,9H2,1,3-4H3,(H,16,20)(H,18,19). The summed E-state index contributed by atoms with van der Waals surface area (Å²) in [5.74, 6) is -0.665. The Bertz CT molecular complexity index is 555. The zero-order valence-electron chi connectivity index (χ0n) is 12.5. The van der Waals surface area contributed by atoms with Gasteiger partial charge in [0, 0.05) is 13.1 Å². The maximum Gasteiger partial charge on any atom is 0.335 e. The molecular weight excluding hydrogens is 272 g/mol. The Morgan fingerprint density at radius 1 is 1.43 bits per heavy atom. The summed E-state index contributed by atoms with van der Waals surface area (Å²) in [6.45, 7) is 8.42. The number of urea groups is 1. The highest BCUT2D eigenvalue weighted by Crippen LogP contribution is 2.26. The summed E-state index contributed by atoms with van der Waals surface area (Å²) in [5, 5.41) is 11.7. The largest absolute Gasteiger partial charge is 0.495 e. The predicted octanol–water partition coefficient (Wildman–Crippen LogP) is 2.82. The molecular formula is C15H20N2O4. The van der Waals surface area contributed by atoms with Gasteiger partial charge in [0.25, 0.3) is 0 Å². The summed E-state index contributed by atoms with van der Waals surface area (Å²) in [6, 6.07) is 3.96. The third-order valence-corrected chi connectivity index (χ3v) is 2.82. The fourth-order valence-electron chi connectivity index (χ4n) is 1.79. The lowest BCUT2D eigenvalue weighted by Gasteiger charge is -2.22. The number of ether oxygens (including phenoxy) is 1. The number of hydrogen-bond acceptors (Lipinski definition) is 3. The van der Waals surface area contributed by atoms with Crippen LogP contribution in [-0.4, -0.2) is 42.2 Å². The van der Waals surface area contributed by atoms with Gasteiger partial charge in [-0.05, 0) is 32.0 Å². The zero-order valence-corrected chi connectivity index (χ0v) is 12.5. The number of carbonyl (C=O) groups is 2. The van der Waals surface area contributed by atoms with Gasteiger partial charge < -0.3 is 20.1 Å². The molecule has 1 aromatic carbocycles. The van der Waals surface area contributed by atoms with Crippen LogP contribution in [0.2, 0.25) is 0 Å². The van der Waals surface area contributed by atoms with Crippen molar-refractivity contribution in [2.45, 2.75) is 13.8 Å². The van der Waals surface area contributed by atoms with Crippen molar-refractivity contribution < 1.29 is 19.4 Å². The maximum absolute atomic E-state index is 12.2. The van der Waals surface area contributed by atoms with Crippen LogP contribution in [0.1, 0.15) is 24.2 Å². The van der Waals surface area contributed by atoms with E-state index in [1.807, 2.05) is 13.8 Å². The number of hydrogen-bond donors (Lipinski definition) is 2. The smallest absolute Gasteiger partial charge is 0.335 e. The second-order valence-electron chi connectivity index (χ2n) is 4.62. The Morgan fingerprint density at radius 3 is 2.57 bits per heavy atom. The molecule has 114 valence electrons. The first-order valence-corrected chi connectivity index (χ1v) is 6.50. The first-order valence-electron chi connectivity index (χ1n) is 6.50. The number of carboxylic acid groups (broad SMARTS) is 1. The number of anilines is 1. The monoisotopic (exact) mass is 292 g/mol. The molecule has 6 heteroatoms. The lowest BCUT2D eigenvalue weighted by Crippen LogP contribution is -2.36. The van der Waals surface area contributed by atoms with Gasteiger partial charge in [-0.1, -0.05) is 12.2 Å². The number of nitrogens with one attached hydrogen (secondary N) is 1. The van der Waals surface area contributed by atoms with Crippen molar-refractivity contribution in [2.24, 2.45) is 0 Å². The van der Waals surface area contributed by atoms with Gasteiger partial charge in [0.15, 0.2) is 0 Å². The number of carboxylic acids is 1. The average Bonchev–Trinajstić information content (AvgIpc) is 2.44. The minimum atomic E-state index is -1.07. The van der Waals surface area contributed by atoms with Gasteiger partial charge in [0.2, 0.25) is 0 Å². The van der Waals surface area contributed by atoms with E-state index >= 15 is 0 Å². The molecule has 0 atom stereocenters. The topological polar surface area (TPSA) is 78.9 Å². The molecule has 0 saturated carbocycles. The minimum Gasteiger partial charge on any atom is -0.495 e. The van der Waals surface area contributed by atoms with Crippen molar-refractivity contribution in [1.82, 2.24) is 4.90 Å². The van der Waals surface area contributed by atoms with Crippen LogP contribution < -0.4 is 10.1 Å². The van der Waals surface area contributed by atoms with Crippen LogP contribution in [-0.2, 0) is 0 Å². The normalized spacial score (nSPS) is 9.86. The molecule has 0 spiro atoms. The van der Waals surface area contributed by atoms with E-state index < -0.39 is 5.97 Å². The molecule has 0 aromatic heterocycles. The highest BCUT2D eigenvalue weighted by Gasteiger charge is 2.15. The van der Waals surface area contributed by atoms with Crippen molar-refractivity contribution in [3.8, 4) is 5.75 Å². The van der Waals surface area contributed by atoms with E-state index in [1.165, 1.54) is 25.3 Å². The maximum atomic E-state index is 12.2. The summed E-state index contributed by atoms with van der Waals surface area (Å²) in [5.41, 5.74) is 1.26. The average molecular weight is 292 g/mol. The molecule has 0 saturated heterocycles. The number of likely N-dealkylation sites (N-methyl/N-ethyl adjacent to an activating group) is 1. The number of nitrogens with zero attached hydrogens (tertiary/aromatic N) is 1. The number of carbonyl (C=O) groups excluding carboxylic acids is 1. The molecule has 0 fully saturated rings. The first kappa shape index (κ1) is 16.6. The van der Waals surface area contributed by atoms with Gasteiger partial charge in [-0.3, -0.25) is 0 Å². The van der Waals surface area contributed by atoms with E-state index in [4.69, 9.17) is 9.84 Å². The van der Waals surface area contributed by atoms with Crippen LogP contribution in [0.15, 0.2) is 30.4 Å². The molecule has 0 aliphatic carbocycles. The fourth-order valence-corrected chi connectivity index (χ4v) is 1.79. The summed E-state index contributed by atoms with van der Waals surface area (Å²) >= 11 is 0. The van der Waals surface area contributed by atoms with Crippen LogP contribution in [0, 0.1) is 0 Å². The number of benzene rings is 1. The van der Waals surface area contributed by atoms with Gasteiger partial charge in [-0.25, -0.2) is 9.59 Å². The lowest BCUT2D eigenvalue weighted by molar-refractivity contribution is 0.0697. The summed E-state index contributed by atoms with van der Waals surface area (Å²) in [7, 11) is 1.46. The molecule has 0 bridgehead atoms. The first-order chi connectivity index (χ1) is 9.88. The molecule has 0 aliphatic heterocycles. The van der Waals surface area contributed by atoms with Crippen LogP contribution in [0.25, 0.3) is 0 Å². The second-order valence-corrected chi connectivity index (χ2v) is 4.62. The van der Waals surface area contributed by atoms with Crippen LogP contribution >= 0.6 is 0 Å². The van der Waals surface area contributed by atoms with Gasteiger partial charge in [0.1, 0.15) is 5.75 Å². The Labute approximate surface area is 124 Å². The van der Waals surface area contributed by atoms with E-state index in [0.717, 1.165) is 5.57 Å². The molecule has 21 heavy (non-hydrogen) atoms. The molecule has 1 rings (SSSR count). The predicted molar refractivity (Wildman–Crippen MR) is 81.0 cm³/mol. The van der Waals surface area contributed by atoms with Crippen molar-refractivity contribution in [3.05, 3.63) is 35.9 Å². The Kier molecular flexibility index (Phi) is 5.78. The van der Waals surface area contributed by atoms with Gasteiger partial charge in [-0.15, -0.1) is 0 Å². The molecule has 2 amide bonds. The molecule has 0 radical (unpaired) electrons. The van der Waals surface area contributed by atoms with Gasteiger partial charge in [-0.2, -0.15) is 0 Å². The molecule has 0 unspecified atom stereocenters. The highest BCUT2D eigenvalue weighted by atomic mass is 16.5. The Morgan fingerprint density at radius 2 is 2.10 bits per heavy atom. The van der Waals surface area contributed by atoms with E-state index in [-0.39, 0.29) is 11.6 Å². The number of aromatic carboxylic acids is 1. The van der Waals surface area contributed by atoms with Gasteiger partial charge in [0.05, 0.1) is 18.4 Å². The Balaban J connectivity index is 2.99. The SMILES string of the molecule is C=C(C)CN(CC)C(=O)Nc1cc(C(=O)O)ccc1OC. The number of rotatable bonds is 6. The van der Waals surface area contributed by atoms with Crippen LogP contribution in [0.3, 0.4) is 0 Å². The van der Waals surface area contributed by atoms with Crippen LogP contribution in [0.4, 0.5) is 10.5 Å². The van der Waals surface area contributed by atoms with Crippen LogP contribution in [0.5, 0.6) is 5.75 Å².